The third-order valence-corrected chi connectivity index (χ3v) is 3.72. The average Bonchev–Trinajstić information content (AvgIpc) is 2.50. The van der Waals surface area contributed by atoms with Crippen LogP contribution in [-0.2, 0) is 4.74 Å². The number of esters is 1. The van der Waals surface area contributed by atoms with Gasteiger partial charge in [0.1, 0.15) is 0 Å². The highest BCUT2D eigenvalue weighted by molar-refractivity contribution is 7.80. The van der Waals surface area contributed by atoms with Crippen LogP contribution in [0, 0.1) is 0 Å². The molecule has 22 heavy (non-hydrogen) atoms. The van der Waals surface area contributed by atoms with Crippen molar-refractivity contribution < 1.29 is 14.4 Å². The molecule has 0 bridgehead atoms. The first-order valence-corrected chi connectivity index (χ1v) is 7.90. The van der Waals surface area contributed by atoms with Gasteiger partial charge in [-0.15, -0.1) is 0 Å². The van der Waals surface area contributed by atoms with Crippen LogP contribution in [0.1, 0.15) is 17.3 Å². The maximum atomic E-state index is 11.6. The zero-order chi connectivity index (χ0) is 15.9. The van der Waals surface area contributed by atoms with Crippen molar-refractivity contribution in [3.05, 3.63) is 29.8 Å². The molecule has 1 aromatic rings. The van der Waals surface area contributed by atoms with Crippen molar-refractivity contribution in [2.75, 3.05) is 45.2 Å². The Kier molecular flexibility index (Phi) is 6.11. The monoisotopic (exact) mass is 323 g/mol. The molecule has 1 aliphatic heterocycles. The van der Waals surface area contributed by atoms with E-state index in [1.54, 1.807) is 19.1 Å². The SMILES string of the molecule is CCOC(=O)c1ccc(NC(=S)NN2CC[NH+](C)CC2)cc1. The molecule has 1 heterocycles. The van der Waals surface area contributed by atoms with Crippen molar-refractivity contribution >= 4 is 29.0 Å². The third-order valence-electron chi connectivity index (χ3n) is 3.53. The summed E-state index contributed by atoms with van der Waals surface area (Å²) in [5, 5.41) is 5.80. The van der Waals surface area contributed by atoms with Crippen LogP contribution >= 0.6 is 12.2 Å². The molecule has 6 nitrogen and oxygen atoms in total. The van der Waals surface area contributed by atoms with Crippen LogP contribution < -0.4 is 15.6 Å². The van der Waals surface area contributed by atoms with Crippen molar-refractivity contribution in [1.29, 1.82) is 0 Å². The lowest BCUT2D eigenvalue weighted by atomic mass is 10.2. The second-order valence-corrected chi connectivity index (χ2v) is 5.72. The number of nitrogens with one attached hydrogen (secondary N) is 3. The average molecular weight is 323 g/mol. The first-order valence-electron chi connectivity index (χ1n) is 7.49. The summed E-state index contributed by atoms with van der Waals surface area (Å²) in [5.41, 5.74) is 4.57. The van der Waals surface area contributed by atoms with E-state index in [1.807, 2.05) is 12.1 Å². The Balaban J connectivity index is 1.82. The van der Waals surface area contributed by atoms with E-state index in [9.17, 15) is 4.79 Å². The van der Waals surface area contributed by atoms with E-state index in [2.05, 4.69) is 22.8 Å². The molecule has 120 valence electrons. The number of thiocarbonyl (C=S) groups is 1. The van der Waals surface area contributed by atoms with E-state index in [0.717, 1.165) is 31.9 Å². The molecule has 1 fully saturated rings. The van der Waals surface area contributed by atoms with Gasteiger partial charge in [-0.1, -0.05) is 0 Å². The first-order chi connectivity index (χ1) is 10.6. The van der Waals surface area contributed by atoms with Crippen LogP contribution in [0.5, 0.6) is 0 Å². The summed E-state index contributed by atoms with van der Waals surface area (Å²) in [6.45, 7) is 6.30. The number of quaternary nitrogens is 1. The number of hydrazine groups is 1. The second-order valence-electron chi connectivity index (χ2n) is 5.31. The van der Waals surface area contributed by atoms with Crippen molar-refractivity contribution in [3.8, 4) is 0 Å². The van der Waals surface area contributed by atoms with E-state index < -0.39 is 0 Å². The van der Waals surface area contributed by atoms with Gasteiger partial charge in [-0.05, 0) is 43.4 Å². The fraction of sp³-hybridized carbons (Fsp3) is 0.467. The Morgan fingerprint density at radius 1 is 1.32 bits per heavy atom. The lowest BCUT2D eigenvalue weighted by Gasteiger charge is -2.31. The van der Waals surface area contributed by atoms with Gasteiger partial charge in [-0.2, -0.15) is 0 Å². The van der Waals surface area contributed by atoms with Gasteiger partial charge in [-0.25, -0.2) is 9.80 Å². The van der Waals surface area contributed by atoms with Crippen LogP contribution in [0.25, 0.3) is 0 Å². The number of hydrogen-bond acceptors (Lipinski definition) is 4. The van der Waals surface area contributed by atoms with Crippen molar-refractivity contribution in [2.24, 2.45) is 0 Å². The van der Waals surface area contributed by atoms with Crippen LogP contribution in [0.15, 0.2) is 24.3 Å². The third kappa shape index (κ3) is 4.94. The highest BCUT2D eigenvalue weighted by atomic mass is 32.1. The van der Waals surface area contributed by atoms with Crippen LogP contribution in [-0.4, -0.2) is 55.9 Å². The number of rotatable bonds is 4. The number of likely N-dealkylation sites (N-methyl/N-ethyl adjacent to an activating group) is 1. The molecule has 0 aliphatic carbocycles. The van der Waals surface area contributed by atoms with Gasteiger partial charge in [-0.3, -0.25) is 5.43 Å². The molecule has 1 aromatic carbocycles. The Labute approximate surface area is 136 Å². The quantitative estimate of drug-likeness (QED) is 0.531. The molecule has 0 unspecified atom stereocenters. The fourth-order valence-corrected chi connectivity index (χ4v) is 2.45. The van der Waals surface area contributed by atoms with Gasteiger partial charge >= 0.3 is 5.97 Å². The maximum absolute atomic E-state index is 11.6. The summed E-state index contributed by atoms with van der Waals surface area (Å²) in [5.74, 6) is -0.310. The minimum absolute atomic E-state index is 0.310. The smallest absolute Gasteiger partial charge is 0.338 e. The highest BCUT2D eigenvalue weighted by Gasteiger charge is 2.17. The molecule has 0 atom stereocenters. The summed E-state index contributed by atoms with van der Waals surface area (Å²) >= 11 is 5.31. The van der Waals surface area contributed by atoms with Crippen molar-refractivity contribution in [2.45, 2.75) is 6.92 Å². The standard InChI is InChI=1S/C15H22N4O2S/c1-3-21-14(20)12-4-6-13(7-5-12)16-15(22)17-19-10-8-18(2)9-11-19/h4-7H,3,8-11H2,1-2H3,(H2,16,17,22)/p+1. The van der Waals surface area contributed by atoms with E-state index >= 15 is 0 Å². The molecule has 7 heteroatoms. The molecule has 2 rings (SSSR count). The molecule has 1 saturated heterocycles. The summed E-state index contributed by atoms with van der Waals surface area (Å²) in [6, 6.07) is 7.08. The fourth-order valence-electron chi connectivity index (χ4n) is 2.21. The van der Waals surface area contributed by atoms with Crippen LogP contribution in [0.3, 0.4) is 0 Å². The van der Waals surface area contributed by atoms with E-state index in [-0.39, 0.29) is 5.97 Å². The van der Waals surface area contributed by atoms with Crippen molar-refractivity contribution in [1.82, 2.24) is 10.4 Å². The van der Waals surface area contributed by atoms with E-state index in [4.69, 9.17) is 17.0 Å². The number of benzene rings is 1. The largest absolute Gasteiger partial charge is 0.462 e. The summed E-state index contributed by atoms with van der Waals surface area (Å²) in [6.07, 6.45) is 0. The van der Waals surface area contributed by atoms with Gasteiger partial charge in [0.05, 0.1) is 45.4 Å². The molecule has 0 aromatic heterocycles. The van der Waals surface area contributed by atoms with Gasteiger partial charge in [0, 0.05) is 5.69 Å². The zero-order valence-electron chi connectivity index (χ0n) is 13.0. The molecule has 3 N–H and O–H groups in total. The number of anilines is 1. The van der Waals surface area contributed by atoms with Gasteiger partial charge in [0.2, 0.25) is 0 Å². The van der Waals surface area contributed by atoms with Crippen molar-refractivity contribution in [3.63, 3.8) is 0 Å². The summed E-state index contributed by atoms with van der Waals surface area (Å²) in [7, 11) is 2.19. The summed E-state index contributed by atoms with van der Waals surface area (Å²) in [4.78, 5) is 13.1. The molecule has 0 amide bonds. The van der Waals surface area contributed by atoms with Gasteiger partial charge in [0.15, 0.2) is 5.11 Å². The molecular weight excluding hydrogens is 300 g/mol. The van der Waals surface area contributed by atoms with E-state index in [1.165, 1.54) is 4.90 Å². The number of carbonyl (C=O) groups is 1. The molecule has 0 saturated carbocycles. The molecule has 1 aliphatic rings. The molecule has 0 radical (unpaired) electrons. The number of piperazine rings is 1. The lowest BCUT2D eigenvalue weighted by molar-refractivity contribution is -0.884. The van der Waals surface area contributed by atoms with Crippen LogP contribution in [0.2, 0.25) is 0 Å². The van der Waals surface area contributed by atoms with E-state index in [0.29, 0.717) is 17.3 Å². The highest BCUT2D eigenvalue weighted by Crippen LogP contribution is 2.10. The first kappa shape index (κ1) is 16.7. The number of hydrogen-bond donors (Lipinski definition) is 3. The van der Waals surface area contributed by atoms with Gasteiger partial charge < -0.3 is 15.0 Å². The predicted octanol–water partition coefficient (Wildman–Crippen LogP) is -0.105. The Hall–Kier alpha value is -1.70. The summed E-state index contributed by atoms with van der Waals surface area (Å²) < 4.78 is 4.95. The zero-order valence-corrected chi connectivity index (χ0v) is 13.8. The topological polar surface area (TPSA) is 58.0 Å². The van der Waals surface area contributed by atoms with Crippen LogP contribution in [0.4, 0.5) is 5.69 Å². The molecular formula is C15H23N4O2S+. The number of carbonyl (C=O) groups excluding carboxylic acids is 1. The minimum Gasteiger partial charge on any atom is -0.462 e. The Morgan fingerprint density at radius 2 is 1.95 bits per heavy atom. The Bertz CT molecular complexity index is 513. The maximum Gasteiger partial charge on any atom is 0.338 e. The Morgan fingerprint density at radius 3 is 2.55 bits per heavy atom. The minimum atomic E-state index is -0.310. The number of ether oxygens (including phenoxy) is 1. The number of nitrogens with zero attached hydrogens (tertiary/aromatic N) is 1. The lowest BCUT2D eigenvalue weighted by Crippen LogP contribution is -3.12. The second kappa shape index (κ2) is 8.07. The predicted molar refractivity (Wildman–Crippen MR) is 89.9 cm³/mol. The van der Waals surface area contributed by atoms with Gasteiger partial charge in [0.25, 0.3) is 0 Å². The normalized spacial score (nSPS) is 16.1. The molecule has 0 spiro atoms.